The third-order valence-electron chi connectivity index (χ3n) is 5.29. The molecular weight excluding hydrogens is 392 g/mol. The molecule has 162 valence electrons. The Balaban J connectivity index is 2.17. The van der Waals surface area contributed by atoms with E-state index in [1.165, 1.54) is 25.2 Å². The van der Waals surface area contributed by atoms with Crippen LogP contribution in [0.1, 0.15) is 36.0 Å². The standard InChI is InChI=1S/C21H26N2O7/c1-28-20(26)15-12-30-13-23(18(15)21(27)29-2)17-11-14(19(24)25)7-8-16(17)22-9-5-3-4-6-10-22/h7-8,11H,3-6,9-10,12-13H2,1-2H3,(H,24,25). The fraction of sp³-hybridized carbons (Fsp3) is 0.476. The zero-order valence-electron chi connectivity index (χ0n) is 17.2. The van der Waals surface area contributed by atoms with Crippen molar-refractivity contribution in [2.24, 2.45) is 0 Å². The summed E-state index contributed by atoms with van der Waals surface area (Å²) in [4.78, 5) is 40.2. The van der Waals surface area contributed by atoms with Crippen molar-refractivity contribution in [3.63, 3.8) is 0 Å². The molecule has 0 spiro atoms. The summed E-state index contributed by atoms with van der Waals surface area (Å²) in [5.74, 6) is -2.51. The molecule has 0 unspecified atom stereocenters. The quantitative estimate of drug-likeness (QED) is 0.720. The number of carboxylic acids is 1. The largest absolute Gasteiger partial charge is 0.478 e. The molecule has 30 heavy (non-hydrogen) atoms. The first-order valence-corrected chi connectivity index (χ1v) is 9.85. The Morgan fingerprint density at radius 1 is 0.967 bits per heavy atom. The van der Waals surface area contributed by atoms with Gasteiger partial charge in [0.15, 0.2) is 0 Å². The summed E-state index contributed by atoms with van der Waals surface area (Å²) in [6.45, 7) is 1.49. The van der Waals surface area contributed by atoms with Crippen LogP contribution in [0.15, 0.2) is 29.5 Å². The van der Waals surface area contributed by atoms with Gasteiger partial charge in [-0.2, -0.15) is 0 Å². The molecule has 1 N–H and O–H groups in total. The van der Waals surface area contributed by atoms with Gasteiger partial charge in [0.05, 0.1) is 43.3 Å². The van der Waals surface area contributed by atoms with E-state index in [2.05, 4.69) is 4.90 Å². The van der Waals surface area contributed by atoms with Crippen molar-refractivity contribution in [1.29, 1.82) is 0 Å². The van der Waals surface area contributed by atoms with Crippen LogP contribution in [-0.4, -0.2) is 63.7 Å². The van der Waals surface area contributed by atoms with E-state index in [9.17, 15) is 19.5 Å². The highest BCUT2D eigenvalue weighted by atomic mass is 16.5. The van der Waals surface area contributed by atoms with Crippen LogP contribution < -0.4 is 9.80 Å². The summed E-state index contributed by atoms with van der Waals surface area (Å²) >= 11 is 0. The molecule has 0 radical (unpaired) electrons. The lowest BCUT2D eigenvalue weighted by Crippen LogP contribution is -2.40. The Kier molecular flexibility index (Phi) is 6.94. The molecule has 0 amide bonds. The Morgan fingerprint density at radius 2 is 1.63 bits per heavy atom. The van der Waals surface area contributed by atoms with E-state index in [-0.39, 0.29) is 30.2 Å². The van der Waals surface area contributed by atoms with Gasteiger partial charge in [-0.1, -0.05) is 12.8 Å². The molecule has 9 nitrogen and oxygen atoms in total. The Morgan fingerprint density at radius 3 is 2.23 bits per heavy atom. The van der Waals surface area contributed by atoms with Crippen LogP contribution in [0.3, 0.4) is 0 Å². The number of carbonyl (C=O) groups excluding carboxylic acids is 2. The van der Waals surface area contributed by atoms with Gasteiger partial charge < -0.3 is 29.1 Å². The molecule has 0 aliphatic carbocycles. The van der Waals surface area contributed by atoms with Crippen molar-refractivity contribution >= 4 is 29.3 Å². The molecule has 2 aliphatic heterocycles. The number of methoxy groups -OCH3 is 2. The van der Waals surface area contributed by atoms with Crippen molar-refractivity contribution in [2.45, 2.75) is 25.7 Å². The molecule has 1 aromatic carbocycles. The number of esters is 2. The van der Waals surface area contributed by atoms with Gasteiger partial charge >= 0.3 is 17.9 Å². The first kappa shape index (κ1) is 21.6. The molecule has 2 aliphatic rings. The summed E-state index contributed by atoms with van der Waals surface area (Å²) in [5, 5.41) is 9.51. The molecule has 9 heteroatoms. The van der Waals surface area contributed by atoms with Crippen molar-refractivity contribution < 1.29 is 33.7 Å². The van der Waals surface area contributed by atoms with Crippen LogP contribution in [0, 0.1) is 0 Å². The molecule has 3 rings (SSSR count). The number of aromatic carboxylic acids is 1. The van der Waals surface area contributed by atoms with Crippen molar-refractivity contribution in [1.82, 2.24) is 0 Å². The van der Waals surface area contributed by atoms with Gasteiger partial charge in [-0.05, 0) is 31.0 Å². The second kappa shape index (κ2) is 9.62. The topological polar surface area (TPSA) is 106 Å². The highest BCUT2D eigenvalue weighted by Crippen LogP contribution is 2.36. The number of hydrogen-bond acceptors (Lipinski definition) is 8. The smallest absolute Gasteiger partial charge is 0.355 e. The SMILES string of the molecule is COC(=O)C1=C(C(=O)OC)N(c2cc(C(=O)O)ccc2N2CCCCCC2)COC1. The normalized spacial score (nSPS) is 17.4. The van der Waals surface area contributed by atoms with Crippen LogP contribution in [0.2, 0.25) is 0 Å². The molecule has 1 saturated heterocycles. The van der Waals surface area contributed by atoms with E-state index in [4.69, 9.17) is 14.2 Å². The first-order chi connectivity index (χ1) is 14.5. The highest BCUT2D eigenvalue weighted by Gasteiger charge is 2.34. The lowest BCUT2D eigenvalue weighted by atomic mass is 10.1. The number of carbonyl (C=O) groups is 3. The molecule has 2 heterocycles. The minimum absolute atomic E-state index is 0.00536. The third-order valence-corrected chi connectivity index (χ3v) is 5.29. The fourth-order valence-electron chi connectivity index (χ4n) is 3.79. The van der Waals surface area contributed by atoms with Gasteiger partial charge in [-0.25, -0.2) is 14.4 Å². The summed E-state index contributed by atoms with van der Waals surface area (Å²) in [5.41, 5.74) is 1.33. The van der Waals surface area contributed by atoms with Gasteiger partial charge in [0.2, 0.25) is 0 Å². The monoisotopic (exact) mass is 418 g/mol. The minimum Gasteiger partial charge on any atom is -0.478 e. The van der Waals surface area contributed by atoms with E-state index >= 15 is 0 Å². The number of ether oxygens (including phenoxy) is 3. The first-order valence-electron chi connectivity index (χ1n) is 9.85. The number of nitrogens with zero attached hydrogens (tertiary/aromatic N) is 2. The maximum atomic E-state index is 12.6. The van der Waals surface area contributed by atoms with Crippen molar-refractivity contribution in [2.75, 3.05) is 50.4 Å². The van der Waals surface area contributed by atoms with E-state index in [0.29, 0.717) is 5.69 Å². The van der Waals surface area contributed by atoms with Crippen LogP contribution in [0.25, 0.3) is 0 Å². The van der Waals surface area contributed by atoms with Gasteiger partial charge in [0.25, 0.3) is 0 Å². The van der Waals surface area contributed by atoms with Gasteiger partial charge in [-0.3, -0.25) is 0 Å². The molecule has 0 bridgehead atoms. The van der Waals surface area contributed by atoms with Crippen molar-refractivity contribution in [3.8, 4) is 0 Å². The Hall–Kier alpha value is -3.07. The van der Waals surface area contributed by atoms with E-state index < -0.39 is 17.9 Å². The van der Waals surface area contributed by atoms with Crippen LogP contribution in [0.5, 0.6) is 0 Å². The molecule has 0 aromatic heterocycles. The predicted octanol–water partition coefficient (Wildman–Crippen LogP) is 2.16. The minimum atomic E-state index is -1.09. The summed E-state index contributed by atoms with van der Waals surface area (Å²) < 4.78 is 15.3. The van der Waals surface area contributed by atoms with Crippen LogP contribution in [-0.2, 0) is 23.8 Å². The maximum absolute atomic E-state index is 12.6. The molecular formula is C21H26N2O7. The lowest BCUT2D eigenvalue weighted by Gasteiger charge is -2.35. The second-order valence-corrected chi connectivity index (χ2v) is 7.13. The van der Waals surface area contributed by atoms with E-state index in [1.54, 1.807) is 12.1 Å². The maximum Gasteiger partial charge on any atom is 0.355 e. The second-order valence-electron chi connectivity index (χ2n) is 7.13. The van der Waals surface area contributed by atoms with Gasteiger partial charge in [-0.15, -0.1) is 0 Å². The Labute approximate surface area is 174 Å². The molecule has 1 aromatic rings. The summed E-state index contributed by atoms with van der Waals surface area (Å²) in [7, 11) is 2.44. The zero-order chi connectivity index (χ0) is 21.7. The average Bonchev–Trinajstić information content (AvgIpc) is 3.06. The summed E-state index contributed by atoms with van der Waals surface area (Å²) in [6, 6.07) is 4.78. The van der Waals surface area contributed by atoms with Gasteiger partial charge in [0, 0.05) is 13.1 Å². The lowest BCUT2D eigenvalue weighted by molar-refractivity contribution is -0.140. The predicted molar refractivity (Wildman–Crippen MR) is 108 cm³/mol. The fourth-order valence-corrected chi connectivity index (χ4v) is 3.79. The number of benzene rings is 1. The number of rotatable bonds is 5. The van der Waals surface area contributed by atoms with E-state index in [1.807, 2.05) is 0 Å². The van der Waals surface area contributed by atoms with Gasteiger partial charge in [0.1, 0.15) is 12.4 Å². The van der Waals surface area contributed by atoms with Crippen LogP contribution >= 0.6 is 0 Å². The number of anilines is 2. The zero-order valence-corrected chi connectivity index (χ0v) is 17.2. The summed E-state index contributed by atoms with van der Waals surface area (Å²) in [6.07, 6.45) is 4.30. The molecule has 1 fully saturated rings. The third kappa shape index (κ3) is 4.40. The molecule has 0 atom stereocenters. The van der Waals surface area contributed by atoms with E-state index in [0.717, 1.165) is 44.5 Å². The number of hydrogen-bond donors (Lipinski definition) is 1. The highest BCUT2D eigenvalue weighted by molar-refractivity contribution is 6.04. The number of carboxylic acid groups (broad SMARTS) is 1. The average molecular weight is 418 g/mol. The van der Waals surface area contributed by atoms with Crippen molar-refractivity contribution in [3.05, 3.63) is 35.0 Å². The molecule has 0 saturated carbocycles. The van der Waals surface area contributed by atoms with Crippen LogP contribution in [0.4, 0.5) is 11.4 Å². The Bertz CT molecular complexity index is 857.